The van der Waals surface area contributed by atoms with Crippen molar-refractivity contribution >= 4 is 11.5 Å². The van der Waals surface area contributed by atoms with Crippen LogP contribution in [0.1, 0.15) is 24.1 Å². The summed E-state index contributed by atoms with van der Waals surface area (Å²) in [5.74, 6) is 0.782. The van der Waals surface area contributed by atoms with Gasteiger partial charge in [-0.3, -0.25) is 4.98 Å². The first kappa shape index (κ1) is 11.4. The van der Waals surface area contributed by atoms with Crippen molar-refractivity contribution in [3.05, 3.63) is 47.9 Å². The molecule has 3 N–H and O–H groups in total. The van der Waals surface area contributed by atoms with E-state index in [0.29, 0.717) is 0 Å². The van der Waals surface area contributed by atoms with E-state index >= 15 is 0 Å². The Labute approximate surface area is 101 Å². The van der Waals surface area contributed by atoms with Crippen LogP contribution in [0, 0.1) is 6.92 Å². The molecule has 0 aliphatic carbocycles. The second-order valence-electron chi connectivity index (χ2n) is 4.08. The molecule has 2 heterocycles. The maximum absolute atomic E-state index is 5.84. The average Bonchev–Trinajstić information content (AvgIpc) is 2.35. The molecule has 4 heteroatoms. The van der Waals surface area contributed by atoms with E-state index in [4.69, 9.17) is 5.73 Å². The Hall–Kier alpha value is -2.10. The van der Waals surface area contributed by atoms with E-state index in [-0.39, 0.29) is 6.04 Å². The third-order valence-electron chi connectivity index (χ3n) is 2.69. The van der Waals surface area contributed by atoms with Gasteiger partial charge in [0, 0.05) is 30.3 Å². The molecule has 0 saturated heterocycles. The topological polar surface area (TPSA) is 63.8 Å². The highest BCUT2D eigenvalue weighted by molar-refractivity contribution is 5.54. The predicted octanol–water partition coefficient (Wildman–Crippen LogP) is 2.54. The summed E-state index contributed by atoms with van der Waals surface area (Å²) in [5, 5.41) is 3.30. The molecular weight excluding hydrogens is 212 g/mol. The molecule has 0 aromatic carbocycles. The Morgan fingerprint density at radius 3 is 2.82 bits per heavy atom. The van der Waals surface area contributed by atoms with E-state index in [9.17, 15) is 0 Å². The lowest BCUT2D eigenvalue weighted by Crippen LogP contribution is -2.08. The first-order valence-corrected chi connectivity index (χ1v) is 5.55. The van der Waals surface area contributed by atoms with E-state index in [1.165, 1.54) is 0 Å². The molecule has 2 aromatic heterocycles. The van der Waals surface area contributed by atoms with E-state index in [2.05, 4.69) is 22.2 Å². The number of aryl methyl sites for hydroxylation is 1. The molecule has 88 valence electrons. The van der Waals surface area contributed by atoms with Gasteiger partial charge in [0.1, 0.15) is 5.82 Å². The number of nitrogen functional groups attached to an aromatic ring is 1. The van der Waals surface area contributed by atoms with Crippen molar-refractivity contribution in [1.29, 1.82) is 0 Å². The van der Waals surface area contributed by atoms with E-state index in [1.54, 1.807) is 12.4 Å². The van der Waals surface area contributed by atoms with Gasteiger partial charge in [-0.25, -0.2) is 4.98 Å². The maximum atomic E-state index is 5.84. The molecule has 0 radical (unpaired) electrons. The van der Waals surface area contributed by atoms with E-state index < -0.39 is 0 Å². The number of nitrogens with two attached hydrogens (primary N) is 1. The minimum Gasteiger partial charge on any atom is -0.398 e. The molecule has 1 unspecified atom stereocenters. The zero-order valence-electron chi connectivity index (χ0n) is 10.0. The van der Waals surface area contributed by atoms with Crippen molar-refractivity contribution in [2.45, 2.75) is 19.9 Å². The largest absolute Gasteiger partial charge is 0.398 e. The number of nitrogens with one attached hydrogen (secondary N) is 1. The van der Waals surface area contributed by atoms with Crippen LogP contribution in [-0.2, 0) is 0 Å². The molecule has 2 aromatic rings. The van der Waals surface area contributed by atoms with Gasteiger partial charge in [-0.15, -0.1) is 0 Å². The van der Waals surface area contributed by atoms with Gasteiger partial charge < -0.3 is 11.1 Å². The number of pyridine rings is 2. The van der Waals surface area contributed by atoms with Crippen molar-refractivity contribution < 1.29 is 0 Å². The van der Waals surface area contributed by atoms with Crippen LogP contribution >= 0.6 is 0 Å². The number of hydrogen-bond acceptors (Lipinski definition) is 4. The summed E-state index contributed by atoms with van der Waals surface area (Å²) in [5.41, 5.74) is 8.70. The Morgan fingerprint density at radius 1 is 1.35 bits per heavy atom. The molecule has 0 bridgehead atoms. The van der Waals surface area contributed by atoms with Gasteiger partial charge in [0.15, 0.2) is 0 Å². The average molecular weight is 228 g/mol. The number of nitrogens with zero attached hydrogens (tertiary/aromatic N) is 2. The molecule has 0 aliphatic rings. The molecule has 1 atom stereocenters. The number of anilines is 2. The lowest BCUT2D eigenvalue weighted by Gasteiger charge is -2.15. The molecule has 17 heavy (non-hydrogen) atoms. The van der Waals surface area contributed by atoms with Crippen LogP contribution in [0.3, 0.4) is 0 Å². The van der Waals surface area contributed by atoms with Gasteiger partial charge in [-0.2, -0.15) is 0 Å². The van der Waals surface area contributed by atoms with Gasteiger partial charge in [0.05, 0.1) is 6.04 Å². The summed E-state index contributed by atoms with van der Waals surface area (Å²) in [6.45, 7) is 4.01. The predicted molar refractivity (Wildman–Crippen MR) is 69.7 cm³/mol. The Bertz CT molecular complexity index is 496. The summed E-state index contributed by atoms with van der Waals surface area (Å²) in [6.07, 6.45) is 5.38. The smallest absolute Gasteiger partial charge is 0.128 e. The fourth-order valence-electron chi connectivity index (χ4n) is 1.56. The summed E-state index contributed by atoms with van der Waals surface area (Å²) >= 11 is 0. The van der Waals surface area contributed by atoms with Crippen LogP contribution in [0.5, 0.6) is 0 Å². The maximum Gasteiger partial charge on any atom is 0.128 e. The lowest BCUT2D eigenvalue weighted by atomic mass is 10.1. The molecule has 0 spiro atoms. The third kappa shape index (κ3) is 2.72. The highest BCUT2D eigenvalue weighted by Crippen LogP contribution is 2.19. The van der Waals surface area contributed by atoms with Gasteiger partial charge in [0.25, 0.3) is 0 Å². The Morgan fingerprint density at radius 2 is 2.18 bits per heavy atom. The minimum absolute atomic E-state index is 0.151. The van der Waals surface area contributed by atoms with Crippen LogP contribution in [0.25, 0.3) is 0 Å². The molecule has 0 amide bonds. The van der Waals surface area contributed by atoms with Gasteiger partial charge in [-0.1, -0.05) is 6.07 Å². The van der Waals surface area contributed by atoms with Gasteiger partial charge >= 0.3 is 0 Å². The van der Waals surface area contributed by atoms with Crippen LogP contribution < -0.4 is 11.1 Å². The summed E-state index contributed by atoms with van der Waals surface area (Å²) in [4.78, 5) is 8.39. The molecule has 4 nitrogen and oxygen atoms in total. The minimum atomic E-state index is 0.151. The Balaban J connectivity index is 2.13. The fourth-order valence-corrected chi connectivity index (χ4v) is 1.56. The van der Waals surface area contributed by atoms with Gasteiger partial charge in [0.2, 0.25) is 0 Å². The Kier molecular flexibility index (Phi) is 3.23. The summed E-state index contributed by atoms with van der Waals surface area (Å²) in [7, 11) is 0. The van der Waals surface area contributed by atoms with Crippen molar-refractivity contribution in [3.8, 4) is 0 Å². The summed E-state index contributed by atoms with van der Waals surface area (Å²) in [6, 6.07) is 5.95. The highest BCUT2D eigenvalue weighted by Gasteiger charge is 2.06. The van der Waals surface area contributed by atoms with Crippen molar-refractivity contribution in [2.75, 3.05) is 11.1 Å². The van der Waals surface area contributed by atoms with Crippen molar-refractivity contribution in [1.82, 2.24) is 9.97 Å². The molecule has 0 aliphatic heterocycles. The summed E-state index contributed by atoms with van der Waals surface area (Å²) < 4.78 is 0. The third-order valence-corrected chi connectivity index (χ3v) is 2.69. The van der Waals surface area contributed by atoms with Crippen LogP contribution in [0.2, 0.25) is 0 Å². The first-order chi connectivity index (χ1) is 8.16. The molecule has 0 fully saturated rings. The molecule has 2 rings (SSSR count). The van der Waals surface area contributed by atoms with E-state index in [0.717, 1.165) is 22.6 Å². The number of aromatic nitrogens is 2. The second-order valence-corrected chi connectivity index (χ2v) is 4.08. The van der Waals surface area contributed by atoms with E-state index in [1.807, 2.05) is 31.3 Å². The highest BCUT2D eigenvalue weighted by atomic mass is 15.0. The molecular formula is C13H16N4. The zero-order chi connectivity index (χ0) is 12.3. The van der Waals surface area contributed by atoms with Crippen LogP contribution in [-0.4, -0.2) is 9.97 Å². The zero-order valence-corrected chi connectivity index (χ0v) is 10.0. The number of rotatable bonds is 3. The fraction of sp³-hybridized carbons (Fsp3) is 0.231. The standard InChI is InChI=1S/C13H16N4/c1-9-7-16-13(6-12(9)14)17-10(2)11-4-3-5-15-8-11/h3-8,10H,1-2H3,(H3,14,16,17). The first-order valence-electron chi connectivity index (χ1n) is 5.55. The molecule has 0 saturated carbocycles. The van der Waals surface area contributed by atoms with Crippen LogP contribution in [0.4, 0.5) is 11.5 Å². The van der Waals surface area contributed by atoms with Crippen molar-refractivity contribution in [2.24, 2.45) is 0 Å². The second kappa shape index (κ2) is 4.82. The SMILES string of the molecule is Cc1cnc(NC(C)c2cccnc2)cc1N. The van der Waals surface area contributed by atoms with Crippen LogP contribution in [0.15, 0.2) is 36.8 Å². The van der Waals surface area contributed by atoms with Gasteiger partial charge in [-0.05, 0) is 31.0 Å². The normalized spacial score (nSPS) is 12.1. The quantitative estimate of drug-likeness (QED) is 0.847. The van der Waals surface area contributed by atoms with Crippen molar-refractivity contribution in [3.63, 3.8) is 0 Å². The monoisotopic (exact) mass is 228 g/mol. The number of hydrogen-bond donors (Lipinski definition) is 2. The lowest BCUT2D eigenvalue weighted by molar-refractivity contribution is 0.866.